The second kappa shape index (κ2) is 6.05. The summed E-state index contributed by atoms with van der Waals surface area (Å²) in [6, 6.07) is 0.800. The van der Waals surface area contributed by atoms with E-state index in [1.807, 2.05) is 0 Å². The summed E-state index contributed by atoms with van der Waals surface area (Å²) in [6.45, 7) is 5.38. The van der Waals surface area contributed by atoms with E-state index in [0.29, 0.717) is 23.9 Å². The second-order valence-electron chi connectivity index (χ2n) is 6.24. The van der Waals surface area contributed by atoms with Crippen LogP contribution in [0.1, 0.15) is 58.8 Å². The Morgan fingerprint density at radius 1 is 1.28 bits per heavy atom. The van der Waals surface area contributed by atoms with Crippen LogP contribution in [0.25, 0.3) is 0 Å². The van der Waals surface area contributed by atoms with Crippen molar-refractivity contribution in [2.24, 2.45) is 17.6 Å². The Kier molecular flexibility index (Phi) is 4.66. The zero-order chi connectivity index (χ0) is 13.1. The van der Waals surface area contributed by atoms with Gasteiger partial charge in [-0.25, -0.2) is 0 Å². The maximum absolute atomic E-state index is 12.7. The number of likely N-dealkylation sites (tertiary alicyclic amines) is 1. The highest BCUT2D eigenvalue weighted by Crippen LogP contribution is 2.31. The lowest BCUT2D eigenvalue weighted by Gasteiger charge is -2.40. The number of nitrogens with two attached hydrogens (primary N) is 1. The van der Waals surface area contributed by atoms with Gasteiger partial charge in [-0.2, -0.15) is 0 Å². The molecule has 1 heterocycles. The quantitative estimate of drug-likeness (QED) is 0.821. The Morgan fingerprint density at radius 2 is 2.06 bits per heavy atom. The van der Waals surface area contributed by atoms with Crippen LogP contribution in [0.15, 0.2) is 0 Å². The minimum Gasteiger partial charge on any atom is -0.339 e. The molecular weight excluding hydrogens is 224 g/mol. The lowest BCUT2D eigenvalue weighted by molar-refractivity contribution is -0.141. The molecule has 1 saturated heterocycles. The van der Waals surface area contributed by atoms with Gasteiger partial charge < -0.3 is 10.6 Å². The van der Waals surface area contributed by atoms with E-state index < -0.39 is 0 Å². The Balaban J connectivity index is 1.97. The summed E-state index contributed by atoms with van der Waals surface area (Å²) in [4.78, 5) is 14.8. The van der Waals surface area contributed by atoms with Gasteiger partial charge in [0.25, 0.3) is 0 Å². The van der Waals surface area contributed by atoms with Gasteiger partial charge >= 0.3 is 0 Å². The van der Waals surface area contributed by atoms with Gasteiger partial charge in [-0.3, -0.25) is 4.79 Å². The average molecular weight is 252 g/mol. The average Bonchev–Trinajstić information content (AvgIpc) is 2.41. The molecule has 3 heteroatoms. The van der Waals surface area contributed by atoms with E-state index >= 15 is 0 Å². The van der Waals surface area contributed by atoms with Crippen molar-refractivity contribution in [1.29, 1.82) is 0 Å². The molecule has 1 amide bonds. The van der Waals surface area contributed by atoms with Crippen LogP contribution in [0.4, 0.5) is 0 Å². The minimum atomic E-state index is 0.243. The molecule has 0 aromatic heterocycles. The number of carbonyl (C=O) groups is 1. The highest BCUT2D eigenvalue weighted by molar-refractivity contribution is 5.79. The minimum absolute atomic E-state index is 0.243. The van der Waals surface area contributed by atoms with Crippen LogP contribution in [-0.2, 0) is 4.79 Å². The van der Waals surface area contributed by atoms with E-state index in [-0.39, 0.29) is 5.92 Å². The first kappa shape index (κ1) is 13.9. The SMILES string of the molecule is CCC1CCCCN1C(=O)C1CCC(N)C(C)C1. The first-order valence-corrected chi connectivity index (χ1v) is 7.69. The standard InChI is InChI=1S/C15H28N2O/c1-3-13-6-4-5-9-17(13)15(18)12-7-8-14(16)11(2)10-12/h11-14H,3-10,16H2,1-2H3. The molecular formula is C15H28N2O. The summed E-state index contributed by atoms with van der Waals surface area (Å²) in [7, 11) is 0. The largest absolute Gasteiger partial charge is 0.339 e. The normalized spacial score (nSPS) is 37.6. The third kappa shape index (κ3) is 2.87. The molecule has 2 fully saturated rings. The molecule has 0 aromatic rings. The summed E-state index contributed by atoms with van der Waals surface area (Å²) >= 11 is 0. The highest BCUT2D eigenvalue weighted by atomic mass is 16.2. The fourth-order valence-electron chi connectivity index (χ4n) is 3.59. The Bertz CT molecular complexity index is 292. The van der Waals surface area contributed by atoms with Crippen molar-refractivity contribution in [2.45, 2.75) is 70.9 Å². The smallest absolute Gasteiger partial charge is 0.225 e. The van der Waals surface area contributed by atoms with Crippen molar-refractivity contribution in [3.63, 3.8) is 0 Å². The molecule has 1 aliphatic carbocycles. The van der Waals surface area contributed by atoms with Crippen LogP contribution >= 0.6 is 0 Å². The number of piperidine rings is 1. The Labute approximate surface area is 111 Å². The van der Waals surface area contributed by atoms with E-state index in [9.17, 15) is 4.79 Å². The van der Waals surface area contributed by atoms with Crippen molar-refractivity contribution in [3.05, 3.63) is 0 Å². The number of carbonyl (C=O) groups excluding carboxylic acids is 1. The highest BCUT2D eigenvalue weighted by Gasteiger charge is 2.34. The Morgan fingerprint density at radius 3 is 2.72 bits per heavy atom. The van der Waals surface area contributed by atoms with Crippen molar-refractivity contribution in [2.75, 3.05) is 6.54 Å². The van der Waals surface area contributed by atoms with Crippen molar-refractivity contribution >= 4 is 5.91 Å². The van der Waals surface area contributed by atoms with Crippen molar-refractivity contribution in [3.8, 4) is 0 Å². The maximum atomic E-state index is 12.7. The molecule has 4 unspecified atom stereocenters. The molecule has 3 nitrogen and oxygen atoms in total. The molecule has 0 radical (unpaired) electrons. The van der Waals surface area contributed by atoms with Crippen LogP contribution in [-0.4, -0.2) is 29.4 Å². The van der Waals surface area contributed by atoms with Gasteiger partial charge in [0.2, 0.25) is 5.91 Å². The number of hydrogen-bond donors (Lipinski definition) is 1. The van der Waals surface area contributed by atoms with E-state index in [0.717, 1.165) is 32.2 Å². The molecule has 104 valence electrons. The first-order valence-electron chi connectivity index (χ1n) is 7.69. The molecule has 1 aliphatic heterocycles. The summed E-state index contributed by atoms with van der Waals surface area (Å²) < 4.78 is 0. The van der Waals surface area contributed by atoms with Crippen LogP contribution in [0, 0.1) is 11.8 Å². The van der Waals surface area contributed by atoms with E-state index in [1.54, 1.807) is 0 Å². The molecule has 2 N–H and O–H groups in total. The van der Waals surface area contributed by atoms with Crippen LogP contribution < -0.4 is 5.73 Å². The van der Waals surface area contributed by atoms with Crippen LogP contribution in [0.2, 0.25) is 0 Å². The first-order chi connectivity index (χ1) is 8.63. The summed E-state index contributed by atoms with van der Waals surface area (Å²) in [5, 5.41) is 0. The molecule has 2 aliphatic rings. The van der Waals surface area contributed by atoms with Gasteiger partial charge in [-0.05, 0) is 50.9 Å². The van der Waals surface area contributed by atoms with Crippen LogP contribution in [0.5, 0.6) is 0 Å². The molecule has 1 saturated carbocycles. The maximum Gasteiger partial charge on any atom is 0.225 e. The number of amides is 1. The molecule has 4 atom stereocenters. The van der Waals surface area contributed by atoms with E-state index in [2.05, 4.69) is 18.7 Å². The van der Waals surface area contributed by atoms with Gasteiger partial charge in [0.1, 0.15) is 0 Å². The predicted octanol–water partition coefficient (Wildman–Crippen LogP) is 2.54. The third-order valence-corrected chi connectivity index (χ3v) is 4.97. The van der Waals surface area contributed by atoms with Gasteiger partial charge in [-0.1, -0.05) is 13.8 Å². The summed E-state index contributed by atoms with van der Waals surface area (Å²) in [5.41, 5.74) is 6.05. The predicted molar refractivity (Wildman–Crippen MR) is 74.1 cm³/mol. The molecule has 0 spiro atoms. The molecule has 0 bridgehead atoms. The summed E-state index contributed by atoms with van der Waals surface area (Å²) in [5.74, 6) is 1.16. The molecule has 18 heavy (non-hydrogen) atoms. The fraction of sp³-hybridized carbons (Fsp3) is 0.933. The van der Waals surface area contributed by atoms with Gasteiger partial charge in [0.05, 0.1) is 0 Å². The molecule has 0 aromatic carbocycles. The van der Waals surface area contributed by atoms with Gasteiger partial charge in [0, 0.05) is 24.5 Å². The lowest BCUT2D eigenvalue weighted by atomic mass is 9.78. The van der Waals surface area contributed by atoms with Gasteiger partial charge in [0.15, 0.2) is 0 Å². The summed E-state index contributed by atoms with van der Waals surface area (Å²) in [6.07, 6.45) is 7.78. The Hall–Kier alpha value is -0.570. The molecule has 2 rings (SSSR count). The third-order valence-electron chi connectivity index (χ3n) is 4.97. The van der Waals surface area contributed by atoms with Crippen molar-refractivity contribution < 1.29 is 4.79 Å². The lowest BCUT2D eigenvalue weighted by Crippen LogP contribution is -2.48. The number of hydrogen-bond acceptors (Lipinski definition) is 2. The number of rotatable bonds is 2. The van der Waals surface area contributed by atoms with Crippen LogP contribution in [0.3, 0.4) is 0 Å². The van der Waals surface area contributed by atoms with E-state index in [1.165, 1.54) is 19.3 Å². The van der Waals surface area contributed by atoms with Gasteiger partial charge in [-0.15, -0.1) is 0 Å². The zero-order valence-corrected chi connectivity index (χ0v) is 11.9. The topological polar surface area (TPSA) is 46.3 Å². The van der Waals surface area contributed by atoms with E-state index in [4.69, 9.17) is 5.73 Å². The number of nitrogens with zero attached hydrogens (tertiary/aromatic N) is 1. The fourth-order valence-corrected chi connectivity index (χ4v) is 3.59. The zero-order valence-electron chi connectivity index (χ0n) is 11.9. The van der Waals surface area contributed by atoms with Crippen molar-refractivity contribution in [1.82, 2.24) is 4.90 Å². The monoisotopic (exact) mass is 252 g/mol. The second-order valence-corrected chi connectivity index (χ2v) is 6.24.